The van der Waals surface area contributed by atoms with E-state index in [9.17, 15) is 9.59 Å². The zero-order chi connectivity index (χ0) is 28.1. The number of amides is 2. The molecule has 1 saturated heterocycles. The molecule has 40 heavy (non-hydrogen) atoms. The molecule has 1 atom stereocenters. The Morgan fingerprint density at radius 2 is 1.98 bits per heavy atom. The maximum Gasteiger partial charge on any atom is 0.239 e. The molecule has 0 aliphatic carbocycles. The number of H-pyrrole nitrogens is 1. The fourth-order valence-corrected chi connectivity index (χ4v) is 6.04. The van der Waals surface area contributed by atoms with Gasteiger partial charge in [-0.1, -0.05) is 24.3 Å². The van der Waals surface area contributed by atoms with E-state index >= 15 is 0 Å². The van der Waals surface area contributed by atoms with E-state index in [1.807, 2.05) is 24.3 Å². The molecule has 0 radical (unpaired) electrons. The van der Waals surface area contributed by atoms with Gasteiger partial charge in [-0.05, 0) is 75.4 Å². The number of carbonyl (C=O) groups is 2. The predicted octanol–water partition coefficient (Wildman–Crippen LogP) is 4.16. The summed E-state index contributed by atoms with van der Waals surface area (Å²) in [6, 6.07) is 14.8. The molecule has 2 aliphatic rings. The highest BCUT2D eigenvalue weighted by atomic mass is 16.5. The molecule has 2 aromatic carbocycles. The molecular formula is C32H42N4O4. The van der Waals surface area contributed by atoms with Crippen molar-refractivity contribution in [3.8, 4) is 11.5 Å². The number of nitrogens with zero attached hydrogens (tertiary/aromatic N) is 2. The van der Waals surface area contributed by atoms with Gasteiger partial charge in [-0.25, -0.2) is 0 Å². The van der Waals surface area contributed by atoms with Crippen molar-refractivity contribution in [1.29, 1.82) is 0 Å². The van der Waals surface area contributed by atoms with Crippen LogP contribution in [-0.2, 0) is 22.4 Å². The van der Waals surface area contributed by atoms with Gasteiger partial charge in [-0.3, -0.25) is 9.59 Å². The quantitative estimate of drug-likeness (QED) is 0.515. The molecule has 2 N–H and O–H groups in total. The van der Waals surface area contributed by atoms with E-state index in [1.165, 1.54) is 10.9 Å². The number of hydrogen-bond acceptors (Lipinski definition) is 5. The summed E-state index contributed by atoms with van der Waals surface area (Å²) in [4.78, 5) is 34.5. The average Bonchev–Trinajstić information content (AvgIpc) is 3.30. The predicted molar refractivity (Wildman–Crippen MR) is 157 cm³/mol. The number of fused-ring (bicyclic) bond motifs is 5. The summed E-state index contributed by atoms with van der Waals surface area (Å²) in [6.45, 7) is 7.59. The lowest BCUT2D eigenvalue weighted by Gasteiger charge is -2.37. The Labute approximate surface area is 237 Å². The molecule has 2 bridgehead atoms. The highest BCUT2D eigenvalue weighted by Crippen LogP contribution is 2.31. The first kappa shape index (κ1) is 28.0. The second kappa shape index (κ2) is 12.8. The summed E-state index contributed by atoms with van der Waals surface area (Å²) in [5.41, 5.74) is 4.53. The van der Waals surface area contributed by atoms with Crippen LogP contribution < -0.4 is 14.8 Å². The van der Waals surface area contributed by atoms with Crippen molar-refractivity contribution in [2.75, 3.05) is 46.4 Å². The van der Waals surface area contributed by atoms with Crippen LogP contribution >= 0.6 is 0 Å². The van der Waals surface area contributed by atoms with Crippen molar-refractivity contribution < 1.29 is 19.1 Å². The van der Waals surface area contributed by atoms with Crippen LogP contribution in [0.2, 0.25) is 0 Å². The SMILES string of the molecule is COc1ccc2cc1OCCCN(C(=O)C1CCCN(C(C)C)C1)CC(=O)NCCc1c([nH]c3ccccc13)C2. The molecule has 3 aromatic rings. The van der Waals surface area contributed by atoms with Crippen LogP contribution in [0.4, 0.5) is 0 Å². The summed E-state index contributed by atoms with van der Waals surface area (Å²) >= 11 is 0. The third-order valence-electron chi connectivity index (χ3n) is 8.22. The van der Waals surface area contributed by atoms with Crippen LogP contribution in [-0.4, -0.2) is 79.1 Å². The van der Waals surface area contributed by atoms with E-state index in [4.69, 9.17) is 9.47 Å². The van der Waals surface area contributed by atoms with Gasteiger partial charge in [0.15, 0.2) is 11.5 Å². The monoisotopic (exact) mass is 546 g/mol. The summed E-state index contributed by atoms with van der Waals surface area (Å²) < 4.78 is 11.8. The Morgan fingerprint density at radius 1 is 1.12 bits per heavy atom. The van der Waals surface area contributed by atoms with Crippen LogP contribution in [0.5, 0.6) is 11.5 Å². The number of likely N-dealkylation sites (tertiary alicyclic amines) is 1. The maximum atomic E-state index is 13.7. The van der Waals surface area contributed by atoms with Crippen LogP contribution in [0, 0.1) is 5.92 Å². The summed E-state index contributed by atoms with van der Waals surface area (Å²) in [5.74, 6) is 1.25. The van der Waals surface area contributed by atoms with Crippen LogP contribution in [0.1, 0.15) is 49.9 Å². The smallest absolute Gasteiger partial charge is 0.239 e. The van der Waals surface area contributed by atoms with Gasteiger partial charge in [0.25, 0.3) is 0 Å². The summed E-state index contributed by atoms with van der Waals surface area (Å²) in [5, 5.41) is 4.26. The van der Waals surface area contributed by atoms with Crippen LogP contribution in [0.25, 0.3) is 10.9 Å². The largest absolute Gasteiger partial charge is 0.493 e. The van der Waals surface area contributed by atoms with E-state index < -0.39 is 0 Å². The Hall–Kier alpha value is -3.52. The Morgan fingerprint density at radius 3 is 2.80 bits per heavy atom. The topological polar surface area (TPSA) is 86.9 Å². The molecule has 2 amide bonds. The van der Waals surface area contributed by atoms with E-state index in [0.29, 0.717) is 50.1 Å². The molecule has 1 fully saturated rings. The van der Waals surface area contributed by atoms with Crippen LogP contribution in [0.15, 0.2) is 42.5 Å². The number of para-hydroxylation sites is 1. The van der Waals surface area contributed by atoms with Crippen molar-refractivity contribution in [2.24, 2.45) is 5.92 Å². The average molecular weight is 547 g/mol. The minimum atomic E-state index is -0.119. The lowest BCUT2D eigenvalue weighted by atomic mass is 9.95. The minimum absolute atomic E-state index is 0.0660. The Balaban J connectivity index is 1.40. The standard InChI is InChI=1S/C32H42N4O4/c1-22(2)35-15-6-8-24(20-35)32(38)36-16-7-17-40-30-19-23(11-12-29(30)39-3)18-28-26(13-14-33-31(37)21-36)25-9-4-5-10-27(25)34-28/h4-5,9-12,19,22,24,34H,6-8,13-18,20-21H2,1-3H3,(H,33,37). The fourth-order valence-electron chi connectivity index (χ4n) is 6.04. The van der Waals surface area contributed by atoms with E-state index in [2.05, 4.69) is 47.2 Å². The van der Waals surface area contributed by atoms with E-state index in [1.54, 1.807) is 12.0 Å². The molecule has 8 nitrogen and oxygen atoms in total. The number of rotatable bonds is 3. The lowest BCUT2D eigenvalue weighted by Crippen LogP contribution is -2.49. The second-order valence-corrected chi connectivity index (χ2v) is 11.3. The van der Waals surface area contributed by atoms with E-state index in [0.717, 1.165) is 49.1 Å². The summed E-state index contributed by atoms with van der Waals surface area (Å²) in [7, 11) is 1.65. The van der Waals surface area contributed by atoms with Crippen LogP contribution in [0.3, 0.4) is 0 Å². The molecule has 2 aliphatic heterocycles. The number of methoxy groups -OCH3 is 1. The Bertz CT molecular complexity index is 1330. The normalized spacial score (nSPS) is 19.6. The number of aromatic amines is 1. The van der Waals surface area contributed by atoms with Crippen molar-refractivity contribution >= 4 is 22.7 Å². The highest BCUT2D eigenvalue weighted by Gasteiger charge is 2.31. The number of aromatic nitrogens is 1. The van der Waals surface area contributed by atoms with Gasteiger partial charge in [0, 0.05) is 48.7 Å². The molecule has 8 heteroatoms. The second-order valence-electron chi connectivity index (χ2n) is 11.3. The first-order valence-electron chi connectivity index (χ1n) is 14.6. The minimum Gasteiger partial charge on any atom is -0.493 e. The van der Waals surface area contributed by atoms with Gasteiger partial charge in [0.05, 0.1) is 26.2 Å². The van der Waals surface area contributed by atoms with Crippen molar-refractivity contribution in [3.63, 3.8) is 0 Å². The highest BCUT2D eigenvalue weighted by molar-refractivity contribution is 5.87. The molecule has 214 valence electrons. The van der Waals surface area contributed by atoms with Gasteiger partial charge in [0.2, 0.25) is 11.8 Å². The molecule has 1 aromatic heterocycles. The van der Waals surface area contributed by atoms with Crippen molar-refractivity contribution in [3.05, 3.63) is 59.3 Å². The summed E-state index contributed by atoms with van der Waals surface area (Å²) in [6.07, 6.45) is 3.91. The van der Waals surface area contributed by atoms with Gasteiger partial charge in [0.1, 0.15) is 0 Å². The number of hydrogen-bond donors (Lipinski definition) is 2. The first-order chi connectivity index (χ1) is 19.4. The van der Waals surface area contributed by atoms with Crippen molar-refractivity contribution in [1.82, 2.24) is 20.1 Å². The lowest BCUT2D eigenvalue weighted by molar-refractivity contribution is -0.141. The number of ether oxygens (including phenoxy) is 2. The van der Waals surface area contributed by atoms with E-state index in [-0.39, 0.29) is 24.3 Å². The zero-order valence-electron chi connectivity index (χ0n) is 24.0. The molecule has 3 heterocycles. The van der Waals surface area contributed by atoms with Crippen molar-refractivity contribution in [2.45, 2.75) is 52.0 Å². The zero-order valence-corrected chi connectivity index (χ0v) is 24.0. The van der Waals surface area contributed by atoms with Gasteiger partial charge < -0.3 is 29.6 Å². The fraction of sp³-hybridized carbons (Fsp3) is 0.500. The first-order valence-corrected chi connectivity index (χ1v) is 14.6. The third kappa shape index (κ3) is 6.44. The Kier molecular flexibility index (Phi) is 8.94. The molecule has 1 unspecified atom stereocenters. The number of nitrogens with one attached hydrogen (secondary N) is 2. The maximum absolute atomic E-state index is 13.7. The van der Waals surface area contributed by atoms with Gasteiger partial charge >= 0.3 is 0 Å². The number of carbonyl (C=O) groups excluding carboxylic acids is 2. The molecule has 0 saturated carbocycles. The molecule has 5 rings (SSSR count). The number of benzene rings is 2. The third-order valence-corrected chi connectivity index (χ3v) is 8.22. The molecular weight excluding hydrogens is 504 g/mol. The van der Waals surface area contributed by atoms with Gasteiger partial charge in [-0.15, -0.1) is 0 Å². The number of piperidine rings is 1. The molecule has 0 spiro atoms. The van der Waals surface area contributed by atoms with Gasteiger partial charge in [-0.2, -0.15) is 0 Å².